The Hall–Kier alpha value is -4.07. The van der Waals surface area contributed by atoms with Gasteiger partial charge in [-0.05, 0) is 35.9 Å². The number of hydrogen-bond donors (Lipinski definition) is 2. The number of nitrogens with two attached hydrogens (primary N) is 1. The van der Waals surface area contributed by atoms with Crippen LogP contribution in [0.4, 0.5) is 5.69 Å². The summed E-state index contributed by atoms with van der Waals surface area (Å²) in [5, 5.41) is 2.77. The Morgan fingerprint density at radius 2 is 1.81 bits per heavy atom. The average Bonchev–Trinajstić information content (AvgIpc) is 2.78. The van der Waals surface area contributed by atoms with Crippen molar-refractivity contribution in [2.45, 2.75) is 13.0 Å². The molecule has 1 heterocycles. The van der Waals surface area contributed by atoms with E-state index in [4.69, 9.17) is 19.9 Å². The fraction of sp³-hybridized carbons (Fsp3) is 0.174. The fourth-order valence-corrected chi connectivity index (χ4v) is 2.76. The second kappa shape index (κ2) is 10.6. The van der Waals surface area contributed by atoms with Crippen molar-refractivity contribution >= 4 is 17.5 Å². The van der Waals surface area contributed by atoms with Gasteiger partial charge in [-0.1, -0.05) is 18.2 Å². The molecular weight excluding hydrogens is 398 g/mol. The monoisotopic (exact) mass is 421 g/mol. The molecule has 0 atom stereocenters. The summed E-state index contributed by atoms with van der Waals surface area (Å²) >= 11 is 0. The van der Waals surface area contributed by atoms with Crippen molar-refractivity contribution in [3.8, 4) is 17.2 Å². The van der Waals surface area contributed by atoms with Gasteiger partial charge in [0.25, 0.3) is 5.91 Å². The molecule has 0 aliphatic carbocycles. The predicted molar refractivity (Wildman–Crippen MR) is 115 cm³/mol. The van der Waals surface area contributed by atoms with Gasteiger partial charge in [0.1, 0.15) is 12.4 Å². The molecule has 0 radical (unpaired) electrons. The molecule has 0 saturated heterocycles. The lowest BCUT2D eigenvalue weighted by Gasteiger charge is -2.13. The van der Waals surface area contributed by atoms with Crippen molar-refractivity contribution in [2.24, 2.45) is 5.73 Å². The zero-order chi connectivity index (χ0) is 22.1. The third-order valence-electron chi connectivity index (χ3n) is 4.24. The summed E-state index contributed by atoms with van der Waals surface area (Å²) in [6, 6.07) is 15.7. The molecule has 0 fully saturated rings. The lowest BCUT2D eigenvalue weighted by Crippen LogP contribution is -2.20. The highest BCUT2D eigenvalue weighted by molar-refractivity contribution is 5.92. The zero-order valence-electron chi connectivity index (χ0n) is 17.0. The van der Waals surface area contributed by atoms with Crippen molar-refractivity contribution in [1.29, 1.82) is 0 Å². The number of methoxy groups -OCH3 is 1. The molecule has 1 aromatic heterocycles. The summed E-state index contributed by atoms with van der Waals surface area (Å²) in [7, 11) is 1.55. The molecule has 0 aliphatic heterocycles. The Morgan fingerprint density at radius 1 is 1.00 bits per heavy atom. The molecule has 3 N–H and O–H groups in total. The fourth-order valence-electron chi connectivity index (χ4n) is 2.76. The number of pyridine rings is 1. The number of carbonyl (C=O) groups excluding carboxylic acids is 2. The molecule has 3 aromatic rings. The first-order valence-electron chi connectivity index (χ1n) is 9.53. The highest BCUT2D eigenvalue weighted by Gasteiger charge is 2.10. The van der Waals surface area contributed by atoms with E-state index in [-0.39, 0.29) is 18.9 Å². The van der Waals surface area contributed by atoms with Gasteiger partial charge in [-0.2, -0.15) is 0 Å². The zero-order valence-corrected chi connectivity index (χ0v) is 17.0. The Labute approximate surface area is 180 Å². The highest BCUT2D eigenvalue weighted by atomic mass is 16.5. The number of aromatic nitrogens is 1. The summed E-state index contributed by atoms with van der Waals surface area (Å²) in [6.07, 6.45) is 3.57. The van der Waals surface area contributed by atoms with E-state index in [2.05, 4.69) is 10.3 Å². The minimum absolute atomic E-state index is 0.156. The van der Waals surface area contributed by atoms with E-state index >= 15 is 0 Å². The van der Waals surface area contributed by atoms with Crippen LogP contribution in [0.25, 0.3) is 0 Å². The number of rotatable bonds is 10. The third-order valence-corrected chi connectivity index (χ3v) is 4.24. The molecule has 31 heavy (non-hydrogen) atoms. The van der Waals surface area contributed by atoms with Crippen LogP contribution in [0.5, 0.6) is 17.2 Å². The summed E-state index contributed by atoms with van der Waals surface area (Å²) in [4.78, 5) is 27.3. The predicted octanol–water partition coefficient (Wildman–Crippen LogP) is 2.71. The van der Waals surface area contributed by atoms with Gasteiger partial charge in [0.05, 0.1) is 13.5 Å². The summed E-state index contributed by atoms with van der Waals surface area (Å²) in [5.74, 6) is 0.823. The van der Waals surface area contributed by atoms with Gasteiger partial charge in [-0.15, -0.1) is 0 Å². The number of carbonyl (C=O) groups is 2. The molecule has 2 amide bonds. The third kappa shape index (κ3) is 6.74. The number of nitrogens with zero attached hydrogens (tertiary/aromatic N) is 1. The Bertz CT molecular complexity index is 1020. The van der Waals surface area contributed by atoms with Gasteiger partial charge in [0, 0.05) is 29.7 Å². The summed E-state index contributed by atoms with van der Waals surface area (Å²) < 4.78 is 16.6. The van der Waals surface area contributed by atoms with Crippen LogP contribution in [-0.2, 0) is 22.6 Å². The Balaban J connectivity index is 1.56. The molecule has 8 nitrogen and oxygen atoms in total. The Morgan fingerprint density at radius 3 is 2.48 bits per heavy atom. The molecule has 0 saturated carbocycles. The molecular formula is C23H23N3O5. The van der Waals surface area contributed by atoms with E-state index in [0.29, 0.717) is 29.5 Å². The quantitative estimate of drug-likeness (QED) is 0.520. The summed E-state index contributed by atoms with van der Waals surface area (Å²) in [6.45, 7) is 0.142. The molecule has 0 spiro atoms. The van der Waals surface area contributed by atoms with Crippen LogP contribution < -0.4 is 25.3 Å². The SMILES string of the molecule is COc1ccc(NC(=O)COc2ccc(CC(N)=O)cc2)cc1OCc1cccnc1. The van der Waals surface area contributed by atoms with Crippen molar-refractivity contribution in [1.82, 2.24) is 4.98 Å². The van der Waals surface area contributed by atoms with Crippen molar-refractivity contribution in [3.05, 3.63) is 78.1 Å². The van der Waals surface area contributed by atoms with Crippen LogP contribution in [0.2, 0.25) is 0 Å². The largest absolute Gasteiger partial charge is 0.493 e. The molecule has 3 rings (SSSR count). The molecule has 0 unspecified atom stereocenters. The standard InChI is InChI=1S/C23H23N3O5/c1-29-20-9-6-18(12-21(20)31-14-17-3-2-10-25-13-17)26-23(28)15-30-19-7-4-16(5-8-19)11-22(24)27/h2-10,12-13H,11,14-15H2,1H3,(H2,24,27)(H,26,28). The van der Waals surface area contributed by atoms with Crippen LogP contribution >= 0.6 is 0 Å². The van der Waals surface area contributed by atoms with E-state index in [1.165, 1.54) is 0 Å². The smallest absolute Gasteiger partial charge is 0.262 e. The topological polar surface area (TPSA) is 113 Å². The lowest BCUT2D eigenvalue weighted by atomic mass is 10.1. The van der Waals surface area contributed by atoms with Crippen molar-refractivity contribution < 1.29 is 23.8 Å². The number of nitrogens with one attached hydrogen (secondary N) is 1. The first-order valence-corrected chi connectivity index (χ1v) is 9.53. The van der Waals surface area contributed by atoms with Gasteiger partial charge < -0.3 is 25.3 Å². The second-order valence-electron chi connectivity index (χ2n) is 6.64. The molecule has 160 valence electrons. The molecule has 0 bridgehead atoms. The highest BCUT2D eigenvalue weighted by Crippen LogP contribution is 2.31. The first kappa shape index (κ1) is 21.6. The number of primary amides is 1. The normalized spacial score (nSPS) is 10.2. The minimum Gasteiger partial charge on any atom is -0.493 e. The van der Waals surface area contributed by atoms with Crippen molar-refractivity contribution in [2.75, 3.05) is 19.0 Å². The number of hydrogen-bond acceptors (Lipinski definition) is 6. The van der Waals surface area contributed by atoms with Crippen LogP contribution in [0, 0.1) is 0 Å². The number of ether oxygens (including phenoxy) is 3. The van der Waals surface area contributed by atoms with Crippen LogP contribution in [0.3, 0.4) is 0 Å². The first-order chi connectivity index (χ1) is 15.0. The van der Waals surface area contributed by atoms with Gasteiger partial charge in [-0.25, -0.2) is 0 Å². The van der Waals surface area contributed by atoms with E-state index < -0.39 is 5.91 Å². The molecule has 0 aliphatic rings. The van der Waals surface area contributed by atoms with E-state index in [1.807, 2.05) is 12.1 Å². The maximum Gasteiger partial charge on any atom is 0.262 e. The summed E-state index contributed by atoms with van der Waals surface area (Å²) in [5.41, 5.74) is 7.41. The van der Waals surface area contributed by atoms with Crippen LogP contribution in [0.1, 0.15) is 11.1 Å². The van der Waals surface area contributed by atoms with Crippen LogP contribution in [0.15, 0.2) is 67.0 Å². The maximum absolute atomic E-state index is 12.3. The van der Waals surface area contributed by atoms with Crippen LogP contribution in [-0.4, -0.2) is 30.5 Å². The second-order valence-corrected chi connectivity index (χ2v) is 6.64. The minimum atomic E-state index is -0.406. The number of anilines is 1. The number of benzene rings is 2. The van der Waals surface area contributed by atoms with Gasteiger partial charge in [0.2, 0.25) is 5.91 Å². The van der Waals surface area contributed by atoms with E-state index in [0.717, 1.165) is 11.1 Å². The Kier molecular flexibility index (Phi) is 7.42. The lowest BCUT2D eigenvalue weighted by molar-refractivity contribution is -0.118. The molecule has 2 aromatic carbocycles. The maximum atomic E-state index is 12.3. The van der Waals surface area contributed by atoms with Gasteiger partial charge in [0.15, 0.2) is 18.1 Å². The number of amides is 2. The van der Waals surface area contributed by atoms with Gasteiger partial charge >= 0.3 is 0 Å². The van der Waals surface area contributed by atoms with E-state index in [1.54, 1.807) is 62.0 Å². The molecule has 8 heteroatoms. The average molecular weight is 421 g/mol. The van der Waals surface area contributed by atoms with Crippen molar-refractivity contribution in [3.63, 3.8) is 0 Å². The van der Waals surface area contributed by atoms with E-state index in [9.17, 15) is 9.59 Å². The van der Waals surface area contributed by atoms with Gasteiger partial charge in [-0.3, -0.25) is 14.6 Å².